The van der Waals surface area contributed by atoms with Gasteiger partial charge in [-0.3, -0.25) is 20.4 Å². The van der Waals surface area contributed by atoms with Crippen molar-refractivity contribution in [3.63, 3.8) is 0 Å². The van der Waals surface area contributed by atoms with E-state index in [1.165, 1.54) is 24.8 Å². The summed E-state index contributed by atoms with van der Waals surface area (Å²) in [4.78, 5) is 24.8. The minimum Gasteiger partial charge on any atom is -0.494 e. The SMILES string of the molecule is CCCCCc1ccc(-c2ccc(C(=O)NNC(=O)c3ccc(OCCCC)cc3)cc2)cc1. The van der Waals surface area contributed by atoms with Gasteiger partial charge >= 0.3 is 0 Å². The molecule has 2 amide bonds. The Kier molecular flexibility index (Phi) is 9.71. The summed E-state index contributed by atoms with van der Waals surface area (Å²) in [6.07, 6.45) is 6.86. The molecule has 178 valence electrons. The van der Waals surface area contributed by atoms with Crippen LogP contribution in [0.3, 0.4) is 0 Å². The summed E-state index contributed by atoms with van der Waals surface area (Å²) >= 11 is 0. The third kappa shape index (κ3) is 7.48. The summed E-state index contributed by atoms with van der Waals surface area (Å²) in [7, 11) is 0. The van der Waals surface area contributed by atoms with Gasteiger partial charge in [-0.1, -0.05) is 69.5 Å². The van der Waals surface area contributed by atoms with Crippen LogP contribution in [0.2, 0.25) is 0 Å². The highest BCUT2D eigenvalue weighted by atomic mass is 16.5. The third-order valence-corrected chi connectivity index (χ3v) is 5.68. The van der Waals surface area contributed by atoms with Crippen molar-refractivity contribution in [1.29, 1.82) is 0 Å². The van der Waals surface area contributed by atoms with Crippen molar-refractivity contribution in [2.75, 3.05) is 6.61 Å². The molecule has 3 aromatic rings. The number of rotatable bonds is 11. The Hall–Kier alpha value is -3.60. The molecule has 5 heteroatoms. The smallest absolute Gasteiger partial charge is 0.269 e. The molecule has 2 N–H and O–H groups in total. The molecule has 0 aliphatic rings. The maximum Gasteiger partial charge on any atom is 0.269 e. The summed E-state index contributed by atoms with van der Waals surface area (Å²) in [5, 5.41) is 0. The van der Waals surface area contributed by atoms with Crippen molar-refractivity contribution in [2.45, 2.75) is 52.4 Å². The van der Waals surface area contributed by atoms with Gasteiger partial charge in [0.25, 0.3) is 11.8 Å². The Morgan fingerprint density at radius 1 is 0.647 bits per heavy atom. The van der Waals surface area contributed by atoms with Gasteiger partial charge in [-0.15, -0.1) is 0 Å². The highest BCUT2D eigenvalue weighted by molar-refractivity contribution is 5.99. The van der Waals surface area contributed by atoms with E-state index in [0.717, 1.165) is 36.1 Å². The molecular formula is C29H34N2O3. The average molecular weight is 459 g/mol. The molecule has 0 aliphatic carbocycles. The van der Waals surface area contributed by atoms with Crippen LogP contribution in [0.25, 0.3) is 11.1 Å². The van der Waals surface area contributed by atoms with Crippen LogP contribution in [-0.2, 0) is 6.42 Å². The molecule has 0 heterocycles. The van der Waals surface area contributed by atoms with E-state index in [9.17, 15) is 9.59 Å². The second kappa shape index (κ2) is 13.2. The van der Waals surface area contributed by atoms with Gasteiger partial charge in [0.15, 0.2) is 0 Å². The van der Waals surface area contributed by atoms with Crippen LogP contribution in [0.4, 0.5) is 0 Å². The predicted octanol–water partition coefficient (Wildman–Crippen LogP) is 6.34. The summed E-state index contributed by atoms with van der Waals surface area (Å²) in [6.45, 7) is 4.97. The van der Waals surface area contributed by atoms with Gasteiger partial charge < -0.3 is 4.74 Å². The lowest BCUT2D eigenvalue weighted by atomic mass is 10.0. The summed E-state index contributed by atoms with van der Waals surface area (Å²) in [5.41, 5.74) is 9.36. The molecule has 0 saturated heterocycles. The molecule has 0 aromatic heterocycles. The van der Waals surface area contributed by atoms with Crippen LogP contribution >= 0.6 is 0 Å². The molecule has 0 spiro atoms. The number of ether oxygens (including phenoxy) is 1. The number of unbranched alkanes of at least 4 members (excludes halogenated alkanes) is 3. The molecule has 0 aliphatic heterocycles. The van der Waals surface area contributed by atoms with Crippen LogP contribution in [0.5, 0.6) is 5.75 Å². The van der Waals surface area contributed by atoms with Gasteiger partial charge in [-0.05, 0) is 72.4 Å². The lowest BCUT2D eigenvalue weighted by Gasteiger charge is -2.09. The first kappa shape index (κ1) is 25.0. The molecule has 0 saturated carbocycles. The fourth-order valence-corrected chi connectivity index (χ4v) is 3.55. The van der Waals surface area contributed by atoms with Gasteiger partial charge in [0.2, 0.25) is 0 Å². The fourth-order valence-electron chi connectivity index (χ4n) is 3.55. The van der Waals surface area contributed by atoms with Crippen molar-refractivity contribution in [3.8, 4) is 16.9 Å². The Morgan fingerprint density at radius 3 is 1.68 bits per heavy atom. The Labute approximate surface area is 202 Å². The molecule has 5 nitrogen and oxygen atoms in total. The lowest BCUT2D eigenvalue weighted by molar-refractivity contribution is 0.0846. The molecular weight excluding hydrogens is 424 g/mol. The van der Waals surface area contributed by atoms with E-state index in [4.69, 9.17) is 4.74 Å². The molecule has 3 rings (SSSR count). The minimum atomic E-state index is -0.385. The van der Waals surface area contributed by atoms with Gasteiger partial charge in [-0.25, -0.2) is 0 Å². The Bertz CT molecular complexity index is 1040. The molecule has 0 unspecified atom stereocenters. The zero-order valence-corrected chi connectivity index (χ0v) is 20.1. The molecule has 0 fully saturated rings. The fraction of sp³-hybridized carbons (Fsp3) is 0.310. The van der Waals surface area contributed by atoms with Crippen LogP contribution in [0.15, 0.2) is 72.8 Å². The van der Waals surface area contributed by atoms with Crippen molar-refractivity contribution in [3.05, 3.63) is 89.5 Å². The van der Waals surface area contributed by atoms with Crippen molar-refractivity contribution >= 4 is 11.8 Å². The van der Waals surface area contributed by atoms with Crippen LogP contribution in [0, 0.1) is 0 Å². The number of amides is 2. The summed E-state index contributed by atoms with van der Waals surface area (Å²) in [5.74, 6) is -0.0324. The van der Waals surface area contributed by atoms with E-state index in [1.54, 1.807) is 36.4 Å². The second-order valence-electron chi connectivity index (χ2n) is 8.37. The van der Waals surface area contributed by atoms with Crippen LogP contribution < -0.4 is 15.6 Å². The van der Waals surface area contributed by atoms with Gasteiger partial charge in [0.1, 0.15) is 5.75 Å². The quantitative estimate of drug-likeness (QED) is 0.260. The molecule has 34 heavy (non-hydrogen) atoms. The lowest BCUT2D eigenvalue weighted by Crippen LogP contribution is -2.41. The number of hydrazine groups is 1. The predicted molar refractivity (Wildman–Crippen MR) is 137 cm³/mol. The number of carbonyl (C=O) groups is 2. The summed E-state index contributed by atoms with van der Waals surface area (Å²) in [6, 6.07) is 22.8. The molecule has 0 radical (unpaired) electrons. The van der Waals surface area contributed by atoms with E-state index in [1.807, 2.05) is 12.1 Å². The Balaban J connectivity index is 1.50. The van der Waals surface area contributed by atoms with Crippen LogP contribution in [0.1, 0.15) is 72.2 Å². The number of hydrogen-bond acceptors (Lipinski definition) is 3. The average Bonchev–Trinajstić information content (AvgIpc) is 2.88. The number of nitrogens with one attached hydrogen (secondary N) is 2. The highest BCUT2D eigenvalue weighted by Crippen LogP contribution is 2.21. The van der Waals surface area contributed by atoms with Gasteiger partial charge in [-0.2, -0.15) is 0 Å². The minimum absolute atomic E-state index is 0.370. The van der Waals surface area contributed by atoms with E-state index in [2.05, 4.69) is 49.0 Å². The number of aryl methyl sites for hydroxylation is 1. The van der Waals surface area contributed by atoms with E-state index < -0.39 is 0 Å². The maximum absolute atomic E-state index is 12.5. The zero-order valence-electron chi connectivity index (χ0n) is 20.1. The van der Waals surface area contributed by atoms with Crippen molar-refractivity contribution in [2.24, 2.45) is 0 Å². The van der Waals surface area contributed by atoms with Gasteiger partial charge in [0, 0.05) is 11.1 Å². The molecule has 0 atom stereocenters. The normalized spacial score (nSPS) is 10.5. The standard InChI is InChI=1S/C29H34N2O3/c1-3-5-7-8-22-9-11-23(12-10-22)24-13-15-25(16-14-24)28(32)30-31-29(33)26-17-19-27(20-18-26)34-21-6-4-2/h9-20H,3-8,21H2,1-2H3,(H,30,32)(H,31,33). The number of benzene rings is 3. The van der Waals surface area contributed by atoms with E-state index in [-0.39, 0.29) is 11.8 Å². The number of carbonyl (C=O) groups excluding carboxylic acids is 2. The highest BCUT2D eigenvalue weighted by Gasteiger charge is 2.10. The monoisotopic (exact) mass is 458 g/mol. The zero-order chi connectivity index (χ0) is 24.2. The topological polar surface area (TPSA) is 67.4 Å². The molecule has 0 bridgehead atoms. The van der Waals surface area contributed by atoms with Crippen molar-refractivity contribution in [1.82, 2.24) is 10.9 Å². The van der Waals surface area contributed by atoms with E-state index >= 15 is 0 Å². The molecule has 3 aromatic carbocycles. The Morgan fingerprint density at radius 2 is 1.15 bits per heavy atom. The third-order valence-electron chi connectivity index (χ3n) is 5.68. The van der Waals surface area contributed by atoms with Crippen molar-refractivity contribution < 1.29 is 14.3 Å². The summed E-state index contributed by atoms with van der Waals surface area (Å²) < 4.78 is 5.60. The largest absolute Gasteiger partial charge is 0.494 e. The van der Waals surface area contributed by atoms with E-state index in [0.29, 0.717) is 17.7 Å². The first-order valence-corrected chi connectivity index (χ1v) is 12.1. The maximum atomic E-state index is 12.5. The van der Waals surface area contributed by atoms with Crippen LogP contribution in [-0.4, -0.2) is 18.4 Å². The first-order valence-electron chi connectivity index (χ1n) is 12.1. The second-order valence-corrected chi connectivity index (χ2v) is 8.37. The number of hydrogen-bond donors (Lipinski definition) is 2. The first-order chi connectivity index (χ1) is 16.6. The van der Waals surface area contributed by atoms with Gasteiger partial charge in [0.05, 0.1) is 6.61 Å².